The molecule has 1 unspecified atom stereocenters. The van der Waals surface area contributed by atoms with E-state index in [0.717, 1.165) is 25.3 Å². The summed E-state index contributed by atoms with van der Waals surface area (Å²) in [5.74, 6) is 6.10. The van der Waals surface area contributed by atoms with E-state index in [9.17, 15) is 0 Å². The molecule has 0 bridgehead atoms. The van der Waals surface area contributed by atoms with Crippen molar-refractivity contribution in [3.05, 3.63) is 24.2 Å². The Morgan fingerprint density at radius 1 is 1.64 bits per heavy atom. The lowest BCUT2D eigenvalue weighted by Crippen LogP contribution is -2.33. The van der Waals surface area contributed by atoms with Gasteiger partial charge in [-0.1, -0.05) is 0 Å². The minimum absolute atomic E-state index is 0.449. The van der Waals surface area contributed by atoms with Crippen molar-refractivity contribution in [3.63, 3.8) is 0 Å². The van der Waals surface area contributed by atoms with Crippen molar-refractivity contribution in [2.75, 3.05) is 13.2 Å². The Labute approximate surface area is 83.6 Å². The lowest BCUT2D eigenvalue weighted by molar-refractivity contribution is 0.0725. The number of nitrogens with zero attached hydrogens (tertiary/aromatic N) is 1. The Morgan fingerprint density at radius 3 is 3.29 bits per heavy atom. The van der Waals surface area contributed by atoms with Crippen LogP contribution in [0.2, 0.25) is 0 Å². The molecule has 2 heterocycles. The summed E-state index contributed by atoms with van der Waals surface area (Å²) in [6, 6.07) is 4.36. The van der Waals surface area contributed by atoms with Crippen LogP contribution in [0.3, 0.4) is 0 Å². The maximum absolute atomic E-state index is 5.31. The molecule has 2 rings (SSSR count). The van der Waals surface area contributed by atoms with Crippen molar-refractivity contribution in [2.45, 2.75) is 25.4 Å². The number of rotatable bonds is 4. The van der Waals surface area contributed by atoms with E-state index >= 15 is 0 Å². The van der Waals surface area contributed by atoms with E-state index in [-0.39, 0.29) is 0 Å². The number of hydrogen-bond acceptors (Lipinski definition) is 4. The van der Waals surface area contributed by atoms with E-state index < -0.39 is 0 Å². The zero-order valence-corrected chi connectivity index (χ0v) is 8.19. The molecule has 4 heteroatoms. The first-order valence-electron chi connectivity index (χ1n) is 4.98. The van der Waals surface area contributed by atoms with Gasteiger partial charge in [-0.2, -0.15) is 0 Å². The monoisotopic (exact) mass is 196 g/mol. The fourth-order valence-corrected chi connectivity index (χ4v) is 2.01. The number of nitrogens with two attached hydrogens (primary N) is 1. The van der Waals surface area contributed by atoms with Crippen LogP contribution in [0, 0.1) is 0 Å². The number of likely N-dealkylation sites (tertiary alicyclic amines) is 1. The minimum Gasteiger partial charge on any atom is -0.468 e. The van der Waals surface area contributed by atoms with Crippen molar-refractivity contribution in [3.8, 4) is 0 Å². The van der Waals surface area contributed by atoms with E-state index in [4.69, 9.17) is 15.2 Å². The van der Waals surface area contributed by atoms with Gasteiger partial charge < -0.3 is 9.25 Å². The normalized spacial score (nSPS) is 23.1. The molecule has 0 aromatic carbocycles. The molecular weight excluding hydrogens is 180 g/mol. The summed E-state index contributed by atoms with van der Waals surface area (Å²) in [6.07, 6.45) is 4.09. The van der Waals surface area contributed by atoms with Crippen molar-refractivity contribution in [1.29, 1.82) is 0 Å². The van der Waals surface area contributed by atoms with Crippen LogP contribution in [0.5, 0.6) is 0 Å². The summed E-state index contributed by atoms with van der Waals surface area (Å²) in [5, 5.41) is 0. The molecule has 14 heavy (non-hydrogen) atoms. The van der Waals surface area contributed by atoms with E-state index in [1.807, 2.05) is 12.1 Å². The Bertz CT molecular complexity index is 261. The minimum atomic E-state index is 0.449. The van der Waals surface area contributed by atoms with Gasteiger partial charge in [0.05, 0.1) is 19.4 Å². The topological polar surface area (TPSA) is 51.6 Å². The second kappa shape index (κ2) is 4.59. The third-order valence-corrected chi connectivity index (χ3v) is 2.73. The van der Waals surface area contributed by atoms with E-state index in [1.54, 1.807) is 6.26 Å². The van der Waals surface area contributed by atoms with Crippen LogP contribution in [0.25, 0.3) is 0 Å². The average molecular weight is 196 g/mol. The quantitative estimate of drug-likeness (QED) is 0.733. The standard InChI is InChI=1S/C10H16N2O2/c11-14-8-9-3-1-5-12(9)7-10-4-2-6-13-10/h2,4,6,9H,1,3,5,7-8,11H2. The van der Waals surface area contributed by atoms with E-state index in [2.05, 4.69) is 4.90 Å². The first kappa shape index (κ1) is 9.71. The summed E-state index contributed by atoms with van der Waals surface area (Å²) in [6.45, 7) is 2.58. The Kier molecular flexibility index (Phi) is 3.18. The molecule has 0 spiro atoms. The second-order valence-corrected chi connectivity index (χ2v) is 3.68. The molecule has 0 saturated carbocycles. The maximum Gasteiger partial charge on any atom is 0.117 e. The molecule has 0 amide bonds. The molecule has 0 radical (unpaired) electrons. The Balaban J connectivity index is 1.90. The third-order valence-electron chi connectivity index (χ3n) is 2.73. The highest BCUT2D eigenvalue weighted by atomic mass is 16.6. The molecule has 2 N–H and O–H groups in total. The van der Waals surface area contributed by atoms with Gasteiger partial charge in [0, 0.05) is 6.04 Å². The van der Waals surface area contributed by atoms with Crippen molar-refractivity contribution >= 4 is 0 Å². The van der Waals surface area contributed by atoms with Crippen molar-refractivity contribution < 1.29 is 9.25 Å². The van der Waals surface area contributed by atoms with Crippen LogP contribution in [0.1, 0.15) is 18.6 Å². The molecule has 1 fully saturated rings. The average Bonchev–Trinajstić information content (AvgIpc) is 2.80. The van der Waals surface area contributed by atoms with Gasteiger partial charge >= 0.3 is 0 Å². The molecule has 1 aromatic rings. The first-order valence-corrected chi connectivity index (χ1v) is 4.98. The van der Waals surface area contributed by atoms with Crippen LogP contribution >= 0.6 is 0 Å². The highest BCUT2D eigenvalue weighted by Crippen LogP contribution is 2.19. The molecule has 4 nitrogen and oxygen atoms in total. The van der Waals surface area contributed by atoms with Gasteiger partial charge in [-0.15, -0.1) is 0 Å². The largest absolute Gasteiger partial charge is 0.468 e. The van der Waals surface area contributed by atoms with Crippen molar-refractivity contribution in [1.82, 2.24) is 4.90 Å². The van der Waals surface area contributed by atoms with Gasteiger partial charge in [-0.3, -0.25) is 4.90 Å². The van der Waals surface area contributed by atoms with E-state index in [1.165, 1.54) is 6.42 Å². The first-order chi connectivity index (χ1) is 6.90. The number of furan rings is 1. The van der Waals surface area contributed by atoms with Crippen LogP contribution < -0.4 is 5.90 Å². The summed E-state index contributed by atoms with van der Waals surface area (Å²) >= 11 is 0. The van der Waals surface area contributed by atoms with E-state index in [0.29, 0.717) is 12.6 Å². The highest BCUT2D eigenvalue weighted by molar-refractivity contribution is 4.99. The lowest BCUT2D eigenvalue weighted by atomic mass is 10.2. The van der Waals surface area contributed by atoms with Gasteiger partial charge in [-0.05, 0) is 31.5 Å². The Morgan fingerprint density at radius 2 is 2.57 bits per heavy atom. The lowest BCUT2D eigenvalue weighted by Gasteiger charge is -2.21. The summed E-state index contributed by atoms with van der Waals surface area (Å²) in [7, 11) is 0. The predicted octanol–water partition coefficient (Wildman–Crippen LogP) is 1.13. The van der Waals surface area contributed by atoms with Crippen LogP contribution in [0.4, 0.5) is 0 Å². The van der Waals surface area contributed by atoms with Crippen LogP contribution in [0.15, 0.2) is 22.8 Å². The zero-order valence-electron chi connectivity index (χ0n) is 8.19. The molecular formula is C10H16N2O2. The SMILES string of the molecule is NOCC1CCCN1Cc1ccco1. The van der Waals surface area contributed by atoms with Gasteiger partial charge in [0.1, 0.15) is 5.76 Å². The summed E-state index contributed by atoms with van der Waals surface area (Å²) in [5.41, 5.74) is 0. The Hall–Kier alpha value is -0.840. The van der Waals surface area contributed by atoms with Gasteiger partial charge in [0.2, 0.25) is 0 Å². The third kappa shape index (κ3) is 2.15. The molecule has 1 atom stereocenters. The fraction of sp³-hybridized carbons (Fsp3) is 0.600. The number of hydrogen-bond donors (Lipinski definition) is 1. The molecule has 1 aliphatic rings. The van der Waals surface area contributed by atoms with Gasteiger partial charge in [0.15, 0.2) is 0 Å². The molecule has 1 aromatic heterocycles. The highest BCUT2D eigenvalue weighted by Gasteiger charge is 2.24. The maximum atomic E-state index is 5.31. The molecule has 1 aliphatic heterocycles. The van der Waals surface area contributed by atoms with Gasteiger partial charge in [-0.25, -0.2) is 5.90 Å². The fourth-order valence-electron chi connectivity index (χ4n) is 2.01. The molecule has 1 saturated heterocycles. The zero-order chi connectivity index (χ0) is 9.80. The second-order valence-electron chi connectivity index (χ2n) is 3.68. The van der Waals surface area contributed by atoms with Crippen molar-refractivity contribution in [2.24, 2.45) is 5.90 Å². The molecule has 78 valence electrons. The summed E-state index contributed by atoms with van der Waals surface area (Å²) < 4.78 is 5.31. The molecule has 0 aliphatic carbocycles. The van der Waals surface area contributed by atoms with Crippen LogP contribution in [-0.2, 0) is 11.4 Å². The summed E-state index contributed by atoms with van der Waals surface area (Å²) in [4.78, 5) is 7.06. The van der Waals surface area contributed by atoms with Crippen LogP contribution in [-0.4, -0.2) is 24.1 Å². The van der Waals surface area contributed by atoms with Gasteiger partial charge in [0.25, 0.3) is 0 Å². The predicted molar refractivity (Wildman–Crippen MR) is 52.3 cm³/mol. The smallest absolute Gasteiger partial charge is 0.117 e.